The van der Waals surface area contributed by atoms with E-state index in [-0.39, 0.29) is 56.1 Å². The Kier molecular flexibility index (Phi) is 16.9. The van der Waals surface area contributed by atoms with Crippen molar-refractivity contribution in [2.75, 3.05) is 49.4 Å². The summed E-state index contributed by atoms with van der Waals surface area (Å²) in [5, 5.41) is 25.6. The second-order valence-corrected chi connectivity index (χ2v) is 19.0. The number of amides is 4. The molecule has 6 rings (SSSR count). The van der Waals surface area contributed by atoms with Crippen LogP contribution in [0.5, 0.6) is 5.75 Å². The van der Waals surface area contributed by atoms with E-state index in [0.717, 1.165) is 11.1 Å². The number of halogens is 2. The van der Waals surface area contributed by atoms with Crippen LogP contribution in [-0.4, -0.2) is 107 Å². The summed E-state index contributed by atoms with van der Waals surface area (Å²) in [5.74, 6) is -1.58. The average molecular weight is 1000 g/mol. The number of nitriles is 1. The Labute approximate surface area is 402 Å². The molecular formula is C48H55BrFN7O9S. The molecule has 0 aliphatic carbocycles. The number of unbranched alkanes of at least 4 members (excludes halogenated alkanes) is 1. The largest absolute Gasteiger partial charge is 0.491 e. The maximum atomic E-state index is 15.3. The molecule has 1 aromatic heterocycles. The van der Waals surface area contributed by atoms with Crippen LogP contribution in [0.1, 0.15) is 71.4 Å². The van der Waals surface area contributed by atoms with E-state index in [1.165, 1.54) is 28.3 Å². The normalized spacial score (nSPS) is 17.4. The van der Waals surface area contributed by atoms with Gasteiger partial charge in [0.2, 0.25) is 17.7 Å². The van der Waals surface area contributed by atoms with Gasteiger partial charge in [-0.3, -0.25) is 24.1 Å². The lowest BCUT2D eigenvalue weighted by molar-refractivity contribution is -0.144. The van der Waals surface area contributed by atoms with E-state index < -0.39 is 52.7 Å². The van der Waals surface area contributed by atoms with Crippen LogP contribution in [0.2, 0.25) is 0 Å². The van der Waals surface area contributed by atoms with Crippen LogP contribution in [0.4, 0.5) is 15.8 Å². The number of thiocarbonyl (C=S) groups is 1. The minimum Gasteiger partial charge on any atom is -0.491 e. The number of aliphatic hydroxyl groups excluding tert-OH is 1. The van der Waals surface area contributed by atoms with Gasteiger partial charge in [-0.2, -0.15) is 5.26 Å². The van der Waals surface area contributed by atoms with E-state index in [1.54, 1.807) is 49.2 Å². The summed E-state index contributed by atoms with van der Waals surface area (Å²) in [6.45, 7) is 10.0. The smallest absolute Gasteiger partial charge is 0.259 e. The van der Waals surface area contributed by atoms with Crippen LogP contribution >= 0.6 is 28.1 Å². The molecule has 0 bridgehead atoms. The van der Waals surface area contributed by atoms with Crippen molar-refractivity contribution in [1.29, 1.82) is 5.26 Å². The number of ether oxygens (including phenoxy) is 3. The summed E-state index contributed by atoms with van der Waals surface area (Å²) in [6.07, 6.45) is 3.91. The van der Waals surface area contributed by atoms with Gasteiger partial charge >= 0.3 is 0 Å². The second kappa shape index (κ2) is 22.3. The molecule has 4 amide bonds. The molecule has 2 aliphatic rings. The molecule has 19 heteroatoms. The number of nitrogens with one attached hydrogen (secondary N) is 2. The van der Waals surface area contributed by atoms with Crippen molar-refractivity contribution < 1.29 is 47.3 Å². The van der Waals surface area contributed by atoms with Crippen molar-refractivity contribution in [3.8, 4) is 23.1 Å². The number of carbonyl (C=O) groups excluding carboxylic acids is 4. The van der Waals surface area contributed by atoms with Crippen LogP contribution < -0.4 is 25.2 Å². The minimum atomic E-state index is -1.12. The number of benzene rings is 3. The number of β-amino-alcohol motifs (C(OH)–C–C–N with tert-alkyl or cyclic N) is 1. The number of anilines is 2. The third-order valence-electron chi connectivity index (χ3n) is 11.3. The van der Waals surface area contributed by atoms with Crippen molar-refractivity contribution in [2.45, 2.75) is 90.6 Å². The fraction of sp³-hybridized carbons (Fsp3) is 0.438. The Morgan fingerprint density at radius 3 is 2.40 bits per heavy atom. The van der Waals surface area contributed by atoms with Gasteiger partial charge in [-0.1, -0.05) is 45.0 Å². The van der Waals surface area contributed by atoms with Crippen LogP contribution in [-0.2, 0) is 35.2 Å². The number of carbonyl (C=O) groups is 4. The van der Waals surface area contributed by atoms with Crippen molar-refractivity contribution >= 4 is 68.3 Å². The molecule has 0 saturated carbocycles. The zero-order chi connectivity index (χ0) is 48.5. The first-order valence-electron chi connectivity index (χ1n) is 21.9. The summed E-state index contributed by atoms with van der Waals surface area (Å²) < 4.78 is 38.1. The molecule has 3 N–H and O–H groups in total. The molecule has 0 spiro atoms. The molecule has 0 radical (unpaired) electrons. The van der Waals surface area contributed by atoms with E-state index in [9.17, 15) is 29.5 Å². The van der Waals surface area contributed by atoms with Gasteiger partial charge in [0.15, 0.2) is 28.8 Å². The van der Waals surface area contributed by atoms with Gasteiger partial charge in [0.1, 0.15) is 30.3 Å². The third-order valence-corrected chi connectivity index (χ3v) is 12.4. The molecule has 4 aromatic rings. The fourth-order valence-electron chi connectivity index (χ4n) is 7.73. The van der Waals surface area contributed by atoms with Crippen molar-refractivity contribution in [1.82, 2.24) is 20.5 Å². The predicted octanol–water partition coefficient (Wildman–Crippen LogP) is 6.42. The highest BCUT2D eigenvalue weighted by molar-refractivity contribution is 9.10. The molecule has 16 nitrogen and oxygen atoms in total. The lowest BCUT2D eigenvalue weighted by Gasteiger charge is -2.35. The van der Waals surface area contributed by atoms with E-state index in [0.29, 0.717) is 59.6 Å². The summed E-state index contributed by atoms with van der Waals surface area (Å²) >= 11 is 9.07. The van der Waals surface area contributed by atoms with Gasteiger partial charge in [-0.15, -0.1) is 0 Å². The fourth-order valence-corrected chi connectivity index (χ4v) is 8.71. The van der Waals surface area contributed by atoms with Gasteiger partial charge in [-0.25, -0.2) is 9.37 Å². The second-order valence-electron chi connectivity index (χ2n) is 17.8. The number of hydrogen-bond acceptors (Lipinski definition) is 12. The van der Waals surface area contributed by atoms with E-state index in [1.807, 2.05) is 45.0 Å². The van der Waals surface area contributed by atoms with E-state index in [4.69, 9.17) is 30.8 Å². The standard InChI is InChI=1S/C48H55BrFN7O9S/c1-47(2,3)42(44(61)55-27-35(58)23-38(55)43(60)53-25-30-9-11-31(12-10-30)40-26-52-29-66-40)54-41(59)28-64-19-8-18-63-17-6-7-20-65-39-16-15-34(22-37(39)50)57-46(67)56(45(62)48(57,4)5)33-14-13-32(24-51)36(49)21-33/h9-16,21-22,26,29,35,38,42,58H,6-8,17-20,23,25,27-28H2,1-5H3,(H,53,60)(H,54,59)/t35-,38+,42?/m1/s1. The Morgan fingerprint density at radius 1 is 1.03 bits per heavy atom. The van der Waals surface area contributed by atoms with Gasteiger partial charge in [0.05, 0.1) is 30.2 Å². The summed E-state index contributed by atoms with van der Waals surface area (Å²) in [7, 11) is 0. The number of hydrogen-bond donors (Lipinski definition) is 3. The van der Waals surface area contributed by atoms with E-state index in [2.05, 4.69) is 37.6 Å². The molecule has 356 valence electrons. The number of aromatic nitrogens is 1. The number of rotatable bonds is 20. The molecule has 2 saturated heterocycles. The molecule has 3 heterocycles. The van der Waals surface area contributed by atoms with Crippen LogP contribution in [0.25, 0.3) is 11.3 Å². The maximum absolute atomic E-state index is 15.3. The number of oxazole rings is 1. The van der Waals surface area contributed by atoms with E-state index >= 15 is 4.39 Å². The van der Waals surface area contributed by atoms with Gasteiger partial charge in [0, 0.05) is 61.1 Å². The van der Waals surface area contributed by atoms with Crippen LogP contribution in [0, 0.1) is 22.6 Å². The first-order chi connectivity index (χ1) is 31.9. The number of nitrogens with zero attached hydrogens (tertiary/aromatic N) is 5. The predicted molar refractivity (Wildman–Crippen MR) is 254 cm³/mol. The first kappa shape index (κ1) is 50.6. The van der Waals surface area contributed by atoms with Gasteiger partial charge in [0.25, 0.3) is 5.91 Å². The Balaban J connectivity index is 0.866. The Bertz CT molecular complexity index is 2460. The average Bonchev–Trinajstić information content (AvgIpc) is 4.01. The highest BCUT2D eigenvalue weighted by atomic mass is 79.9. The van der Waals surface area contributed by atoms with Crippen molar-refractivity contribution in [3.63, 3.8) is 0 Å². The summed E-state index contributed by atoms with van der Waals surface area (Å²) in [4.78, 5) is 62.0. The Hall–Kier alpha value is -5.78. The molecule has 67 heavy (non-hydrogen) atoms. The number of aliphatic hydroxyl groups is 1. The molecular weight excluding hydrogens is 950 g/mol. The van der Waals surface area contributed by atoms with Gasteiger partial charge in [-0.05, 0) is 103 Å². The molecule has 2 aliphatic heterocycles. The molecule has 3 atom stereocenters. The highest BCUT2D eigenvalue weighted by Gasteiger charge is 2.50. The maximum Gasteiger partial charge on any atom is 0.259 e. The van der Waals surface area contributed by atoms with Crippen LogP contribution in [0.15, 0.2) is 82.1 Å². The number of likely N-dealkylation sites (tertiary alicyclic amines) is 1. The first-order valence-corrected chi connectivity index (χ1v) is 23.1. The topological polar surface area (TPSA) is 200 Å². The minimum absolute atomic E-state index is 0.0398. The van der Waals surface area contributed by atoms with Crippen LogP contribution in [0.3, 0.4) is 0 Å². The SMILES string of the molecule is CC(C)(C)C(NC(=O)COCCCOCCCCOc1ccc(N2C(=S)N(c3ccc(C#N)c(Br)c3)C(=O)C2(C)C)cc1F)C(=O)N1C[C@H](O)C[C@H]1C(=O)NCc1ccc(-c2cnco2)cc1. The third kappa shape index (κ3) is 12.4. The summed E-state index contributed by atoms with van der Waals surface area (Å²) in [5.41, 5.74) is 1.12. The zero-order valence-electron chi connectivity index (χ0n) is 38.1. The Morgan fingerprint density at radius 2 is 1.73 bits per heavy atom. The van der Waals surface area contributed by atoms with Gasteiger partial charge < -0.3 is 44.2 Å². The monoisotopic (exact) mass is 1000 g/mol. The highest BCUT2D eigenvalue weighted by Crippen LogP contribution is 2.39. The molecule has 2 fully saturated rings. The molecule has 1 unspecified atom stereocenters. The summed E-state index contributed by atoms with van der Waals surface area (Å²) in [6, 6.07) is 16.9. The quantitative estimate of drug-likeness (QED) is 0.0648. The lowest BCUT2D eigenvalue weighted by atomic mass is 9.85. The zero-order valence-corrected chi connectivity index (χ0v) is 40.5. The van der Waals surface area contributed by atoms with Crippen molar-refractivity contribution in [3.05, 3.63) is 94.7 Å². The lowest BCUT2D eigenvalue weighted by Crippen LogP contribution is -2.58. The molecule has 3 aromatic carbocycles. The van der Waals surface area contributed by atoms with Crippen molar-refractivity contribution in [2.24, 2.45) is 5.41 Å².